The Hall–Kier alpha value is -0.830. The molecule has 3 nitrogen and oxygen atoms in total. The fraction of sp³-hybridized carbons (Fsp3) is 0.625. The van der Waals surface area contributed by atoms with Crippen LogP contribution in [0.4, 0.5) is 0 Å². The van der Waals surface area contributed by atoms with Crippen molar-refractivity contribution in [1.82, 2.24) is 4.98 Å². The van der Waals surface area contributed by atoms with Crippen LogP contribution in [0.25, 0.3) is 0 Å². The van der Waals surface area contributed by atoms with Crippen molar-refractivity contribution in [2.24, 2.45) is 0 Å². The summed E-state index contributed by atoms with van der Waals surface area (Å²) in [6.45, 7) is 0.895. The van der Waals surface area contributed by atoms with Crippen molar-refractivity contribution in [1.29, 1.82) is 0 Å². The summed E-state index contributed by atoms with van der Waals surface area (Å²) in [4.78, 5) is 3.91. The molecule has 1 aliphatic heterocycles. The average Bonchev–Trinajstić information content (AvgIpc) is 2.60. The lowest BCUT2D eigenvalue weighted by atomic mass is 10.1. The fourth-order valence-electron chi connectivity index (χ4n) is 1.34. The van der Waals surface area contributed by atoms with Gasteiger partial charge in [0.2, 0.25) is 0 Å². The molecular weight excluding hydrogens is 142 g/mol. The van der Waals surface area contributed by atoms with E-state index in [0.717, 1.165) is 25.1 Å². The van der Waals surface area contributed by atoms with E-state index >= 15 is 0 Å². The standard InChI is InChI=1S/C8H10NO2/c1-2-8(11-3-1)4-7-5-10-6-9-7/h5,8H,1-4H2. The van der Waals surface area contributed by atoms with Crippen LogP contribution in [0.3, 0.4) is 0 Å². The van der Waals surface area contributed by atoms with Gasteiger partial charge in [0.1, 0.15) is 6.26 Å². The molecule has 0 amide bonds. The van der Waals surface area contributed by atoms with Crippen LogP contribution in [0.2, 0.25) is 0 Å². The van der Waals surface area contributed by atoms with E-state index in [1.165, 1.54) is 6.42 Å². The van der Waals surface area contributed by atoms with E-state index in [1.54, 1.807) is 6.26 Å². The second kappa shape index (κ2) is 3.05. The number of hydrogen-bond acceptors (Lipinski definition) is 3. The Morgan fingerprint density at radius 1 is 1.73 bits per heavy atom. The molecule has 0 spiro atoms. The molecular formula is C8H10NO2. The summed E-state index contributed by atoms with van der Waals surface area (Å²) in [5.74, 6) is 0. The first-order chi connectivity index (χ1) is 5.45. The van der Waals surface area contributed by atoms with Gasteiger partial charge in [-0.15, -0.1) is 0 Å². The Morgan fingerprint density at radius 2 is 2.73 bits per heavy atom. The van der Waals surface area contributed by atoms with Gasteiger partial charge in [-0.3, -0.25) is 0 Å². The van der Waals surface area contributed by atoms with Crippen LogP contribution >= 0.6 is 0 Å². The maximum Gasteiger partial charge on any atom is 0.283 e. The Kier molecular flexibility index (Phi) is 1.90. The molecule has 1 atom stereocenters. The van der Waals surface area contributed by atoms with E-state index in [4.69, 9.17) is 9.15 Å². The molecule has 2 rings (SSSR count). The minimum Gasteiger partial charge on any atom is -0.441 e. The predicted octanol–water partition coefficient (Wildman–Crippen LogP) is 1.20. The molecule has 11 heavy (non-hydrogen) atoms. The largest absolute Gasteiger partial charge is 0.441 e. The van der Waals surface area contributed by atoms with Crippen molar-refractivity contribution in [3.05, 3.63) is 18.4 Å². The van der Waals surface area contributed by atoms with E-state index in [9.17, 15) is 0 Å². The van der Waals surface area contributed by atoms with Crippen molar-refractivity contribution < 1.29 is 9.15 Å². The zero-order valence-electron chi connectivity index (χ0n) is 6.25. The predicted molar refractivity (Wildman–Crippen MR) is 38.0 cm³/mol. The Balaban J connectivity index is 1.90. The first kappa shape index (κ1) is 6.85. The van der Waals surface area contributed by atoms with Gasteiger partial charge in [-0.1, -0.05) is 0 Å². The first-order valence-corrected chi connectivity index (χ1v) is 3.87. The highest BCUT2D eigenvalue weighted by molar-refractivity contribution is 4.93. The van der Waals surface area contributed by atoms with E-state index in [2.05, 4.69) is 11.4 Å². The van der Waals surface area contributed by atoms with Crippen molar-refractivity contribution in [2.75, 3.05) is 6.61 Å². The van der Waals surface area contributed by atoms with Gasteiger partial charge in [-0.25, -0.2) is 4.98 Å². The zero-order chi connectivity index (χ0) is 7.52. The molecule has 1 saturated heterocycles. The zero-order valence-corrected chi connectivity index (χ0v) is 6.25. The first-order valence-electron chi connectivity index (χ1n) is 3.87. The van der Waals surface area contributed by atoms with Crippen LogP contribution in [-0.2, 0) is 11.2 Å². The number of oxazole rings is 1. The number of nitrogens with zero attached hydrogens (tertiary/aromatic N) is 1. The van der Waals surface area contributed by atoms with E-state index in [1.807, 2.05) is 0 Å². The van der Waals surface area contributed by atoms with Crippen LogP contribution in [0.1, 0.15) is 18.5 Å². The maximum atomic E-state index is 5.43. The van der Waals surface area contributed by atoms with Gasteiger partial charge in [0, 0.05) is 13.0 Å². The summed E-state index contributed by atoms with van der Waals surface area (Å²) >= 11 is 0. The number of aromatic nitrogens is 1. The Bertz CT molecular complexity index is 202. The third-order valence-corrected chi connectivity index (χ3v) is 1.90. The van der Waals surface area contributed by atoms with Crippen LogP contribution in [0, 0.1) is 6.39 Å². The molecule has 1 aliphatic rings. The summed E-state index contributed by atoms with van der Waals surface area (Å²) in [6, 6.07) is 0. The molecule has 1 aromatic heterocycles. The minimum absolute atomic E-state index is 0.355. The normalized spacial score (nSPS) is 24.2. The number of ether oxygens (including phenoxy) is 1. The van der Waals surface area contributed by atoms with Crippen LogP contribution in [0.15, 0.2) is 10.7 Å². The summed E-state index contributed by atoms with van der Waals surface area (Å²) < 4.78 is 10.2. The van der Waals surface area contributed by atoms with Crippen molar-refractivity contribution >= 4 is 0 Å². The topological polar surface area (TPSA) is 35.3 Å². The van der Waals surface area contributed by atoms with Gasteiger partial charge >= 0.3 is 0 Å². The highest BCUT2D eigenvalue weighted by atomic mass is 16.5. The molecule has 1 aromatic rings. The lowest BCUT2D eigenvalue weighted by Gasteiger charge is -2.04. The monoisotopic (exact) mass is 152 g/mol. The van der Waals surface area contributed by atoms with Gasteiger partial charge in [-0.2, -0.15) is 0 Å². The van der Waals surface area contributed by atoms with E-state index < -0.39 is 0 Å². The molecule has 0 N–H and O–H groups in total. The van der Waals surface area contributed by atoms with Gasteiger partial charge in [0.05, 0.1) is 11.8 Å². The highest BCUT2D eigenvalue weighted by Crippen LogP contribution is 2.15. The lowest BCUT2D eigenvalue weighted by molar-refractivity contribution is 0.110. The highest BCUT2D eigenvalue weighted by Gasteiger charge is 2.16. The van der Waals surface area contributed by atoms with Crippen LogP contribution in [0.5, 0.6) is 0 Å². The summed E-state index contributed by atoms with van der Waals surface area (Å²) in [5.41, 5.74) is 0.942. The van der Waals surface area contributed by atoms with Crippen LogP contribution < -0.4 is 0 Å². The molecule has 1 fully saturated rings. The van der Waals surface area contributed by atoms with Crippen LogP contribution in [-0.4, -0.2) is 17.7 Å². The van der Waals surface area contributed by atoms with E-state index in [-0.39, 0.29) is 0 Å². The van der Waals surface area contributed by atoms with Crippen molar-refractivity contribution in [3.63, 3.8) is 0 Å². The maximum absolute atomic E-state index is 5.43. The molecule has 0 aromatic carbocycles. The minimum atomic E-state index is 0.355. The molecule has 1 unspecified atom stereocenters. The van der Waals surface area contributed by atoms with Gasteiger partial charge in [0.15, 0.2) is 0 Å². The quantitative estimate of drug-likeness (QED) is 0.638. The summed E-state index contributed by atoms with van der Waals surface area (Å²) in [7, 11) is 0. The molecule has 0 saturated carbocycles. The second-order valence-corrected chi connectivity index (χ2v) is 2.77. The molecule has 0 bridgehead atoms. The van der Waals surface area contributed by atoms with Gasteiger partial charge < -0.3 is 9.15 Å². The fourth-order valence-corrected chi connectivity index (χ4v) is 1.34. The average molecular weight is 152 g/mol. The molecule has 59 valence electrons. The molecule has 2 heterocycles. The smallest absolute Gasteiger partial charge is 0.283 e. The van der Waals surface area contributed by atoms with Gasteiger partial charge in [-0.05, 0) is 12.8 Å². The molecule has 1 radical (unpaired) electrons. The van der Waals surface area contributed by atoms with Crippen molar-refractivity contribution in [2.45, 2.75) is 25.4 Å². The summed E-state index contributed by atoms with van der Waals surface area (Å²) in [6.07, 6.45) is 7.59. The second-order valence-electron chi connectivity index (χ2n) is 2.77. The molecule has 3 heteroatoms. The summed E-state index contributed by atoms with van der Waals surface area (Å²) in [5, 5.41) is 0. The van der Waals surface area contributed by atoms with Gasteiger partial charge in [0.25, 0.3) is 6.39 Å². The Labute approximate surface area is 65.4 Å². The third kappa shape index (κ3) is 1.60. The van der Waals surface area contributed by atoms with E-state index in [0.29, 0.717) is 6.10 Å². The van der Waals surface area contributed by atoms with Crippen molar-refractivity contribution in [3.8, 4) is 0 Å². The SMILES string of the molecule is [c]1nc(CC2CCCO2)co1. The third-order valence-electron chi connectivity index (χ3n) is 1.90. The molecule has 0 aliphatic carbocycles. The number of hydrogen-bond donors (Lipinski definition) is 0. The Morgan fingerprint density at radius 3 is 3.36 bits per heavy atom. The number of rotatable bonds is 2. The lowest BCUT2D eigenvalue weighted by Crippen LogP contribution is -2.08.